The zero-order chi connectivity index (χ0) is 17.5. The average molecular weight is 362 g/mol. The van der Waals surface area contributed by atoms with Gasteiger partial charge in [-0.1, -0.05) is 43.8 Å². The average Bonchev–Trinajstić information content (AvgIpc) is 3.27. The smallest absolute Gasteiger partial charge is 0.191 e. The molecule has 1 saturated heterocycles. The van der Waals surface area contributed by atoms with Crippen molar-refractivity contribution in [3.63, 3.8) is 0 Å². The predicted molar refractivity (Wildman–Crippen MR) is 99.9 cm³/mol. The monoisotopic (exact) mass is 361 g/mol. The van der Waals surface area contributed by atoms with Crippen LogP contribution in [0, 0.1) is 5.92 Å². The lowest BCUT2D eigenvalue weighted by atomic mass is 10.1. The van der Waals surface area contributed by atoms with Gasteiger partial charge in [-0.05, 0) is 37.3 Å². The summed E-state index contributed by atoms with van der Waals surface area (Å²) in [6.07, 6.45) is 3.77. The van der Waals surface area contributed by atoms with Crippen LogP contribution in [0.1, 0.15) is 38.9 Å². The molecule has 25 heavy (non-hydrogen) atoms. The van der Waals surface area contributed by atoms with Gasteiger partial charge < -0.3 is 14.0 Å². The Bertz CT molecular complexity index is 639. The van der Waals surface area contributed by atoms with Gasteiger partial charge in [0.2, 0.25) is 0 Å². The number of para-hydroxylation sites is 1. The van der Waals surface area contributed by atoms with Gasteiger partial charge in [0.05, 0.1) is 6.10 Å². The van der Waals surface area contributed by atoms with Crippen LogP contribution in [0.5, 0.6) is 5.75 Å². The van der Waals surface area contributed by atoms with E-state index in [2.05, 4.69) is 28.6 Å². The first-order valence-corrected chi connectivity index (χ1v) is 10.0. The normalized spacial score (nSPS) is 17.3. The molecule has 1 unspecified atom stereocenters. The van der Waals surface area contributed by atoms with E-state index in [0.717, 1.165) is 48.5 Å². The van der Waals surface area contributed by atoms with Crippen molar-refractivity contribution in [1.29, 1.82) is 0 Å². The molecule has 0 saturated carbocycles. The van der Waals surface area contributed by atoms with Crippen molar-refractivity contribution in [1.82, 2.24) is 14.8 Å². The fourth-order valence-electron chi connectivity index (χ4n) is 2.75. The van der Waals surface area contributed by atoms with Crippen molar-refractivity contribution >= 4 is 11.8 Å². The van der Waals surface area contributed by atoms with Gasteiger partial charge in [-0.3, -0.25) is 0 Å². The van der Waals surface area contributed by atoms with Crippen molar-refractivity contribution in [3.8, 4) is 5.75 Å². The molecule has 0 N–H and O–H groups in total. The van der Waals surface area contributed by atoms with Crippen LogP contribution < -0.4 is 4.74 Å². The lowest BCUT2D eigenvalue weighted by Crippen LogP contribution is -2.12. The summed E-state index contributed by atoms with van der Waals surface area (Å²) in [7, 11) is 0. The minimum atomic E-state index is 0.351. The molecule has 0 aliphatic carbocycles. The summed E-state index contributed by atoms with van der Waals surface area (Å²) in [5.74, 6) is 3.33. The molecule has 5 nitrogen and oxygen atoms in total. The molecule has 2 aromatic rings. The van der Waals surface area contributed by atoms with Gasteiger partial charge in [-0.25, -0.2) is 0 Å². The second kappa shape index (κ2) is 9.25. The highest BCUT2D eigenvalue weighted by Gasteiger charge is 2.19. The van der Waals surface area contributed by atoms with Crippen molar-refractivity contribution < 1.29 is 9.47 Å². The Hall–Kier alpha value is -1.53. The summed E-state index contributed by atoms with van der Waals surface area (Å²) in [5.41, 5.74) is 0. The molecule has 6 heteroatoms. The first kappa shape index (κ1) is 18.3. The van der Waals surface area contributed by atoms with Crippen LogP contribution in [-0.2, 0) is 17.9 Å². The topological polar surface area (TPSA) is 49.2 Å². The van der Waals surface area contributed by atoms with Crippen LogP contribution in [0.25, 0.3) is 0 Å². The summed E-state index contributed by atoms with van der Waals surface area (Å²) >= 11 is 1.75. The molecule has 1 aromatic heterocycles. The molecule has 0 radical (unpaired) electrons. The summed E-state index contributed by atoms with van der Waals surface area (Å²) in [4.78, 5) is 0. The lowest BCUT2D eigenvalue weighted by Gasteiger charge is -2.13. The van der Waals surface area contributed by atoms with E-state index in [1.54, 1.807) is 11.8 Å². The highest BCUT2D eigenvalue weighted by Crippen LogP contribution is 2.24. The molecule has 1 aromatic carbocycles. The minimum Gasteiger partial charge on any atom is -0.486 e. The fourth-order valence-corrected chi connectivity index (χ4v) is 3.80. The molecule has 2 heterocycles. The maximum absolute atomic E-state index is 5.87. The van der Waals surface area contributed by atoms with Gasteiger partial charge >= 0.3 is 0 Å². The first-order chi connectivity index (χ1) is 12.2. The molecule has 3 rings (SSSR count). The maximum atomic E-state index is 5.87. The van der Waals surface area contributed by atoms with Crippen molar-refractivity contribution in [2.75, 3.05) is 12.4 Å². The maximum Gasteiger partial charge on any atom is 0.191 e. The van der Waals surface area contributed by atoms with Crippen molar-refractivity contribution in [2.24, 2.45) is 5.92 Å². The van der Waals surface area contributed by atoms with E-state index in [1.807, 2.05) is 30.3 Å². The van der Waals surface area contributed by atoms with E-state index in [1.165, 1.54) is 6.42 Å². The number of ether oxygens (including phenoxy) is 2. The summed E-state index contributed by atoms with van der Waals surface area (Å²) in [6.45, 7) is 6.73. The first-order valence-electron chi connectivity index (χ1n) is 9.06. The van der Waals surface area contributed by atoms with Gasteiger partial charge in [0, 0.05) is 18.9 Å². The van der Waals surface area contributed by atoms with Crippen LogP contribution in [0.15, 0.2) is 35.5 Å². The molecule has 0 spiro atoms. The fraction of sp³-hybridized carbons (Fsp3) is 0.579. The predicted octanol–water partition coefficient (Wildman–Crippen LogP) is 4.17. The summed E-state index contributed by atoms with van der Waals surface area (Å²) < 4.78 is 13.8. The molecule has 1 aliphatic heterocycles. The standard InChI is InChI=1S/C19H27N3O2S/c1-15(2)10-11-22-18(13-24-16-7-4-3-5-8-16)20-21-19(22)25-14-17-9-6-12-23-17/h3-5,7-8,15,17H,6,9-14H2,1-2H3. The minimum absolute atomic E-state index is 0.351. The Labute approximate surface area is 154 Å². The number of hydrogen-bond acceptors (Lipinski definition) is 5. The molecular weight excluding hydrogens is 334 g/mol. The highest BCUT2D eigenvalue weighted by molar-refractivity contribution is 7.99. The highest BCUT2D eigenvalue weighted by atomic mass is 32.2. The van der Waals surface area contributed by atoms with Crippen LogP contribution in [0.2, 0.25) is 0 Å². The number of benzene rings is 1. The van der Waals surface area contributed by atoms with E-state index in [9.17, 15) is 0 Å². The van der Waals surface area contributed by atoms with E-state index >= 15 is 0 Å². The molecule has 1 atom stereocenters. The van der Waals surface area contributed by atoms with Crippen LogP contribution in [0.3, 0.4) is 0 Å². The van der Waals surface area contributed by atoms with E-state index < -0.39 is 0 Å². The van der Waals surface area contributed by atoms with E-state index in [-0.39, 0.29) is 0 Å². The zero-order valence-electron chi connectivity index (χ0n) is 15.1. The second-order valence-electron chi connectivity index (χ2n) is 6.78. The van der Waals surface area contributed by atoms with Crippen LogP contribution in [-0.4, -0.2) is 33.2 Å². The Morgan fingerprint density at radius 2 is 2.12 bits per heavy atom. The summed E-state index contributed by atoms with van der Waals surface area (Å²) in [5, 5.41) is 9.76. The molecular formula is C19H27N3O2S. The van der Waals surface area contributed by atoms with Gasteiger partial charge in [0.15, 0.2) is 11.0 Å². The van der Waals surface area contributed by atoms with Crippen molar-refractivity contribution in [3.05, 3.63) is 36.2 Å². The Morgan fingerprint density at radius 3 is 2.84 bits per heavy atom. The van der Waals surface area contributed by atoms with Gasteiger partial charge in [0.25, 0.3) is 0 Å². The number of aromatic nitrogens is 3. The third kappa shape index (κ3) is 5.47. The quantitative estimate of drug-likeness (QED) is 0.627. The third-order valence-electron chi connectivity index (χ3n) is 4.26. The van der Waals surface area contributed by atoms with E-state index in [4.69, 9.17) is 9.47 Å². The summed E-state index contributed by atoms with van der Waals surface area (Å²) in [6, 6.07) is 9.85. The molecule has 136 valence electrons. The van der Waals surface area contributed by atoms with Gasteiger partial charge in [-0.2, -0.15) is 0 Å². The second-order valence-corrected chi connectivity index (χ2v) is 7.77. The molecule has 1 fully saturated rings. The Morgan fingerprint density at radius 1 is 1.28 bits per heavy atom. The Kier molecular flexibility index (Phi) is 6.76. The van der Waals surface area contributed by atoms with Crippen molar-refractivity contribution in [2.45, 2.75) is 57.5 Å². The number of thioether (sulfide) groups is 1. The number of rotatable bonds is 9. The van der Waals surface area contributed by atoms with Crippen LogP contribution >= 0.6 is 11.8 Å². The molecule has 0 bridgehead atoms. The Balaban J connectivity index is 1.65. The van der Waals surface area contributed by atoms with E-state index in [0.29, 0.717) is 18.6 Å². The largest absolute Gasteiger partial charge is 0.486 e. The lowest BCUT2D eigenvalue weighted by molar-refractivity contribution is 0.129. The number of nitrogens with zero attached hydrogens (tertiary/aromatic N) is 3. The van der Waals surface area contributed by atoms with Gasteiger partial charge in [0.1, 0.15) is 12.4 Å². The van der Waals surface area contributed by atoms with Gasteiger partial charge in [-0.15, -0.1) is 10.2 Å². The number of hydrogen-bond donors (Lipinski definition) is 0. The molecule has 0 amide bonds. The zero-order valence-corrected chi connectivity index (χ0v) is 15.9. The SMILES string of the molecule is CC(C)CCn1c(COc2ccccc2)nnc1SCC1CCCO1. The van der Waals surface area contributed by atoms with Crippen LogP contribution in [0.4, 0.5) is 0 Å². The molecule has 1 aliphatic rings. The third-order valence-corrected chi connectivity index (χ3v) is 5.36.